The number of carbonyl (C=O) groups excluding carboxylic acids is 12. The van der Waals surface area contributed by atoms with Crippen molar-refractivity contribution in [2.45, 2.75) is 282 Å². The van der Waals surface area contributed by atoms with Gasteiger partial charge in [0.1, 0.15) is 11.2 Å². The Hall–Kier alpha value is -9.58. The molecule has 6 aliphatic rings. The number of aromatic nitrogens is 2. The molecule has 30 nitrogen and oxygen atoms in total. The minimum absolute atomic E-state index is 0.0349. The van der Waals surface area contributed by atoms with Crippen LogP contribution in [0.25, 0.3) is 21.8 Å². The van der Waals surface area contributed by atoms with Gasteiger partial charge in [0, 0.05) is 139 Å². The first kappa shape index (κ1) is 93.3. The molecule has 0 spiro atoms. The van der Waals surface area contributed by atoms with Gasteiger partial charge in [0.2, 0.25) is 35.4 Å². The smallest absolute Gasteiger partial charge is 0.419 e. The van der Waals surface area contributed by atoms with Gasteiger partial charge in [-0.1, -0.05) is 101 Å². The topological polar surface area (TPSA) is 427 Å². The van der Waals surface area contributed by atoms with Crippen LogP contribution in [0.2, 0.25) is 0 Å². The van der Waals surface area contributed by atoms with Gasteiger partial charge in [-0.05, 0) is 174 Å². The Morgan fingerprint density at radius 1 is 0.487 bits per heavy atom. The molecule has 0 bridgehead atoms. The number of carbonyl (C=O) groups is 12. The summed E-state index contributed by atoms with van der Waals surface area (Å²) >= 11 is 0. The third-order valence-electron chi connectivity index (χ3n) is 24.3. The van der Waals surface area contributed by atoms with E-state index in [0.717, 1.165) is 69.6 Å². The summed E-state index contributed by atoms with van der Waals surface area (Å²) in [6, 6.07) is 9.83. The normalized spacial score (nSPS) is 25.1. The second-order valence-corrected chi connectivity index (χ2v) is 35.6. The summed E-state index contributed by atoms with van der Waals surface area (Å²) in [7, 11) is 4.87. The number of benzene rings is 2. The lowest BCUT2D eigenvalue weighted by atomic mass is 9.80. The molecule has 13 N–H and O–H groups in total. The van der Waals surface area contributed by atoms with Crippen LogP contribution in [0.15, 0.2) is 70.9 Å². The van der Waals surface area contributed by atoms with Crippen LogP contribution >= 0.6 is 0 Å². The van der Waals surface area contributed by atoms with E-state index < -0.39 is 95.1 Å². The van der Waals surface area contributed by atoms with E-state index in [-0.39, 0.29) is 122 Å². The first-order valence-electron chi connectivity index (χ1n) is 43.7. The highest BCUT2D eigenvalue weighted by molar-refractivity contribution is 6.00. The van der Waals surface area contributed by atoms with Gasteiger partial charge in [-0.3, -0.25) is 67.1 Å². The van der Waals surface area contributed by atoms with Gasteiger partial charge in [-0.25, -0.2) is 9.59 Å². The molecule has 2 aromatic heterocycles. The second-order valence-electron chi connectivity index (χ2n) is 35.6. The highest BCUT2D eigenvalue weighted by atomic mass is 16.6. The predicted octanol–water partition coefficient (Wildman–Crippen LogP) is 8.49. The molecule has 6 heterocycles. The van der Waals surface area contributed by atoms with E-state index >= 15 is 0 Å². The molecule has 0 unspecified atom stereocenters. The summed E-state index contributed by atoms with van der Waals surface area (Å²) < 4.78 is 14.3. The molecular weight excluding hydrogens is 1520 g/mol. The number of hydrogen-bond acceptors (Lipinski definition) is 18. The highest BCUT2D eigenvalue weighted by Gasteiger charge is 2.43. The SMILES string of the molecule is CN=C(N)NCCC[C@@H]1CC(=O)[C@H](Cc2cn(C(=O)OC(C)(C)C)c3ccccc23)NC(=O)[C@@H](CC2CCCCC2)CC(=O)[C@@H]2CCCN2C(=O)[C@@H](N)CCCNC1=O.CN=C(N)NCCC[C@@H]1CC(=O)[C@H](Cc2cn(C(=O)OC(C)(C)C)c3ccccc23)NC(=O)[C@@H](CC2CCCCC2)CC(=O)[C@@H]2CCCN2C(=O)[C@@H](NC)CCCNC1=O. The van der Waals surface area contributed by atoms with E-state index in [1.807, 2.05) is 36.4 Å². The van der Waals surface area contributed by atoms with E-state index in [0.29, 0.717) is 144 Å². The number of amides is 6. The van der Waals surface area contributed by atoms with Gasteiger partial charge in [0.05, 0.1) is 47.3 Å². The maximum atomic E-state index is 14.7. The van der Waals surface area contributed by atoms with Crippen LogP contribution in [0.3, 0.4) is 0 Å². The summed E-state index contributed by atoms with van der Waals surface area (Å²) in [6.45, 7) is 13.0. The zero-order chi connectivity index (χ0) is 86.1. The molecule has 30 heteroatoms. The predicted molar refractivity (Wildman–Crippen MR) is 458 cm³/mol. The zero-order valence-electron chi connectivity index (χ0n) is 71.8. The number of para-hydroxylation sites is 2. The van der Waals surface area contributed by atoms with Crippen LogP contribution in [0.4, 0.5) is 9.59 Å². The Labute approximate surface area is 701 Å². The van der Waals surface area contributed by atoms with Crippen molar-refractivity contribution in [2.75, 3.05) is 60.4 Å². The van der Waals surface area contributed by atoms with Crippen molar-refractivity contribution in [1.29, 1.82) is 0 Å². The van der Waals surface area contributed by atoms with Crippen LogP contribution in [0.5, 0.6) is 0 Å². The van der Waals surface area contributed by atoms with Gasteiger partial charge in [-0.2, -0.15) is 0 Å². The van der Waals surface area contributed by atoms with E-state index in [4.69, 9.17) is 26.7 Å². The molecule has 0 radical (unpaired) electrons. The van der Waals surface area contributed by atoms with Gasteiger partial charge < -0.3 is 73.7 Å². The summed E-state index contributed by atoms with van der Waals surface area (Å²) in [4.78, 5) is 180. The molecule has 4 aliphatic heterocycles. The molecule has 2 aliphatic carbocycles. The first-order chi connectivity index (χ1) is 56.8. The van der Waals surface area contributed by atoms with Crippen molar-refractivity contribution >= 4 is 104 Å². The number of likely N-dealkylation sites (N-methyl/N-ethyl adjacent to an activating group) is 1. The van der Waals surface area contributed by atoms with Crippen LogP contribution in [0, 0.1) is 35.5 Å². The molecule has 10 atom stereocenters. The quantitative estimate of drug-likeness (QED) is 0.0269. The molecule has 6 amide bonds. The Morgan fingerprint density at radius 3 is 1.29 bits per heavy atom. The summed E-state index contributed by atoms with van der Waals surface area (Å²) in [5, 5.41) is 22.7. The fraction of sp³-hybridized carbons (Fsp3) is 0.663. The van der Waals surface area contributed by atoms with E-state index in [1.165, 1.54) is 9.13 Å². The first-order valence-corrected chi connectivity index (χ1v) is 43.7. The molecule has 2 saturated carbocycles. The number of rotatable bonds is 17. The van der Waals surface area contributed by atoms with Gasteiger partial charge in [-0.15, -0.1) is 0 Å². The van der Waals surface area contributed by atoms with Crippen molar-refractivity contribution in [3.8, 4) is 0 Å². The van der Waals surface area contributed by atoms with E-state index in [1.54, 1.807) is 97.0 Å². The Morgan fingerprint density at radius 2 is 0.882 bits per heavy atom. The van der Waals surface area contributed by atoms with Crippen molar-refractivity contribution in [2.24, 2.45) is 62.7 Å². The lowest BCUT2D eigenvalue weighted by Crippen LogP contribution is -2.51. The summed E-state index contributed by atoms with van der Waals surface area (Å²) in [5.74, 6) is -4.72. The minimum Gasteiger partial charge on any atom is -0.443 e. The van der Waals surface area contributed by atoms with Crippen molar-refractivity contribution < 1.29 is 67.0 Å². The van der Waals surface area contributed by atoms with E-state index in [2.05, 4.69) is 47.2 Å². The van der Waals surface area contributed by atoms with Crippen molar-refractivity contribution in [3.63, 3.8) is 0 Å². The Balaban J connectivity index is 0.000000271. The van der Waals surface area contributed by atoms with Crippen LogP contribution in [-0.4, -0.2) is 209 Å². The number of ether oxygens (including phenoxy) is 2. The largest absolute Gasteiger partial charge is 0.443 e. The van der Waals surface area contributed by atoms with Crippen LogP contribution in [0.1, 0.15) is 232 Å². The minimum atomic E-state index is -1.08. The highest BCUT2D eigenvalue weighted by Crippen LogP contribution is 2.36. The maximum Gasteiger partial charge on any atom is 0.419 e. The number of nitrogens with one attached hydrogen (secondary N) is 7. The molecule has 654 valence electrons. The third-order valence-corrected chi connectivity index (χ3v) is 24.3. The molecule has 10 rings (SSSR count). The average Bonchev–Trinajstić information content (AvgIpc) is 1.64. The molecule has 4 aromatic rings. The summed E-state index contributed by atoms with van der Waals surface area (Å²) in [5.41, 5.74) is 19.0. The Kier molecular flexibility index (Phi) is 35.0. The fourth-order valence-corrected chi connectivity index (χ4v) is 17.9. The average molecular weight is 1650 g/mol. The number of Topliss-reactive ketones (excluding diaryl/α,β-unsaturated/α-hetero) is 4. The fourth-order valence-electron chi connectivity index (χ4n) is 17.9. The lowest BCUT2D eigenvalue weighted by molar-refractivity contribution is -0.140. The van der Waals surface area contributed by atoms with Gasteiger partial charge >= 0.3 is 12.2 Å². The number of aliphatic imine (C=N–C) groups is 2. The zero-order valence-corrected chi connectivity index (χ0v) is 71.8. The molecule has 119 heavy (non-hydrogen) atoms. The lowest BCUT2D eigenvalue weighted by Gasteiger charge is -2.31. The van der Waals surface area contributed by atoms with E-state index in [9.17, 15) is 57.5 Å². The third kappa shape index (κ3) is 27.2. The summed E-state index contributed by atoms with van der Waals surface area (Å²) in [6.07, 6.45) is 18.9. The van der Waals surface area contributed by atoms with Crippen molar-refractivity contribution in [3.05, 3.63) is 72.1 Å². The molecule has 4 saturated heterocycles. The molecule has 6 fully saturated rings. The standard InChI is InChI=1S/C45H68N8O7.C44H66N8O7/c1-45(2,3)60-44(59)53-28-32(33-17-9-10-19-36(33)53)25-35-38(54)26-30(16-11-22-50-43(46)48-5)40(56)49-21-12-18-34(47-4)42(58)52-23-13-20-37(52)39(55)27-31(41(57)51-35)24-29-14-7-6-8-15-29;1-44(2,3)59-43(58)52-27-31(32-16-8-9-18-35(32)52)24-34-37(53)25-29(15-10-21-49-42(46)47-4)39(55)48-20-11-17-33(45)41(57)51-22-12-19-36(51)38(54)26-30(40(56)50-34)23-28-13-6-5-7-14-28/h9-10,17,19,28-31,34-35,37,47H,6-8,11-16,18,20-27H2,1-5H3,(H,49,56)(H,51,57)(H3,46,48,50);8-9,16,18,27-30,33-34,36H,5-7,10-15,17,19-26,45H2,1-4H3,(H,48,55)(H,50,56)(H3,46,47,49)/t30-,31+,34+,35+,37+;29-,30+,33+,34+,36+/m11/s1. The van der Waals surface area contributed by atoms with Crippen LogP contribution in [-0.2, 0) is 70.3 Å². The number of nitrogens with two attached hydrogens (primary N) is 3. The molecule has 2 aromatic carbocycles. The second kappa shape index (κ2) is 44.6. The Bertz CT molecular complexity index is 4240. The van der Waals surface area contributed by atoms with Gasteiger partial charge in [0.15, 0.2) is 35.1 Å². The number of guanidine groups is 2. The monoisotopic (exact) mass is 1650 g/mol. The number of ketones is 4. The number of fused-ring (bicyclic) bond motifs is 4. The van der Waals surface area contributed by atoms with Gasteiger partial charge in [0.25, 0.3) is 0 Å². The molecular formula is C89H134N16O14. The van der Waals surface area contributed by atoms with Crippen LogP contribution < -0.4 is 54.4 Å². The number of hydrogen-bond donors (Lipinski definition) is 10. The number of nitrogens with zero attached hydrogens (tertiary/aromatic N) is 6. The maximum absolute atomic E-state index is 14.7. The van der Waals surface area contributed by atoms with Crippen molar-refractivity contribution in [1.82, 2.24) is 56.2 Å².